The normalized spacial score (nSPS) is 14.4. The lowest BCUT2D eigenvalue weighted by Gasteiger charge is -2.29. The molecule has 0 spiro atoms. The standard InChI is InChI=1S/C32H30O4/c1-23(35-31(27-19-11-5-12-20-27)29(33)25-15-7-3-8-16-25)24(2)36-32(28-21-13-6-14-22-28)30(34)26-17-9-4-10-18-26/h3-24,31-32H,1-2H3/t23-,24?,31?,32?/m1/s1. The molecular formula is C32H30O4. The zero-order valence-corrected chi connectivity index (χ0v) is 20.5. The van der Waals surface area contributed by atoms with Gasteiger partial charge in [0.15, 0.2) is 11.6 Å². The lowest BCUT2D eigenvalue weighted by molar-refractivity contribution is -0.0948. The highest BCUT2D eigenvalue weighted by Gasteiger charge is 2.31. The van der Waals surface area contributed by atoms with E-state index in [0.717, 1.165) is 11.1 Å². The first-order valence-electron chi connectivity index (χ1n) is 12.1. The fourth-order valence-corrected chi connectivity index (χ4v) is 4.00. The van der Waals surface area contributed by atoms with Gasteiger partial charge in [0, 0.05) is 11.1 Å². The van der Waals surface area contributed by atoms with Crippen LogP contribution in [0.2, 0.25) is 0 Å². The molecule has 4 aromatic rings. The van der Waals surface area contributed by atoms with Crippen LogP contribution in [-0.2, 0) is 9.47 Å². The maximum Gasteiger partial charge on any atom is 0.196 e. The molecule has 36 heavy (non-hydrogen) atoms. The summed E-state index contributed by atoms with van der Waals surface area (Å²) in [6.07, 6.45) is -2.54. The van der Waals surface area contributed by atoms with Crippen molar-refractivity contribution in [2.75, 3.05) is 0 Å². The molecule has 0 bridgehead atoms. The van der Waals surface area contributed by atoms with E-state index in [4.69, 9.17) is 9.47 Å². The quantitative estimate of drug-likeness (QED) is 0.217. The van der Waals surface area contributed by atoms with Crippen LogP contribution < -0.4 is 0 Å². The van der Waals surface area contributed by atoms with Crippen molar-refractivity contribution >= 4 is 11.6 Å². The SMILES string of the molecule is CC(OC(C(=O)c1ccccc1)c1ccccc1)[C@@H](C)OC(C(=O)c1ccccc1)c1ccccc1. The first kappa shape index (κ1) is 25.2. The second-order valence-electron chi connectivity index (χ2n) is 8.72. The lowest BCUT2D eigenvalue weighted by atomic mass is 9.99. The van der Waals surface area contributed by atoms with Crippen LogP contribution in [-0.4, -0.2) is 23.8 Å². The van der Waals surface area contributed by atoms with Crippen molar-refractivity contribution < 1.29 is 19.1 Å². The summed E-state index contributed by atoms with van der Waals surface area (Å²) < 4.78 is 12.7. The van der Waals surface area contributed by atoms with Gasteiger partial charge in [0.2, 0.25) is 0 Å². The zero-order valence-electron chi connectivity index (χ0n) is 20.5. The van der Waals surface area contributed by atoms with Gasteiger partial charge >= 0.3 is 0 Å². The molecule has 0 aliphatic carbocycles. The van der Waals surface area contributed by atoms with Crippen LogP contribution in [0.3, 0.4) is 0 Å². The number of Topliss-reactive ketones (excluding diaryl/α,β-unsaturated/α-hetero) is 2. The number of hydrogen-bond acceptors (Lipinski definition) is 4. The molecule has 0 amide bonds. The Kier molecular flexibility index (Phi) is 8.56. The van der Waals surface area contributed by atoms with E-state index in [1.165, 1.54) is 0 Å². The van der Waals surface area contributed by atoms with E-state index in [-0.39, 0.29) is 11.6 Å². The third-order valence-corrected chi connectivity index (χ3v) is 6.16. The predicted molar refractivity (Wildman–Crippen MR) is 141 cm³/mol. The molecule has 0 fully saturated rings. The van der Waals surface area contributed by atoms with Gasteiger partial charge in [-0.25, -0.2) is 0 Å². The van der Waals surface area contributed by atoms with Gasteiger partial charge in [-0.05, 0) is 25.0 Å². The first-order chi connectivity index (χ1) is 17.5. The van der Waals surface area contributed by atoms with Gasteiger partial charge < -0.3 is 9.47 Å². The summed E-state index contributed by atoms with van der Waals surface area (Å²) in [4.78, 5) is 26.8. The van der Waals surface area contributed by atoms with Crippen LogP contribution in [0.25, 0.3) is 0 Å². The summed E-state index contributed by atoms with van der Waals surface area (Å²) >= 11 is 0. The van der Waals surface area contributed by atoms with Gasteiger partial charge in [-0.1, -0.05) is 121 Å². The number of carbonyl (C=O) groups is 2. The summed E-state index contributed by atoms with van der Waals surface area (Å²) in [7, 11) is 0. The van der Waals surface area contributed by atoms with Crippen molar-refractivity contribution in [2.45, 2.75) is 38.3 Å². The maximum atomic E-state index is 13.4. The molecule has 0 heterocycles. The number of ketones is 2. The average molecular weight is 479 g/mol. The van der Waals surface area contributed by atoms with Crippen LogP contribution in [0, 0.1) is 0 Å². The van der Waals surface area contributed by atoms with Crippen LogP contribution in [0.5, 0.6) is 0 Å². The molecule has 0 aromatic heterocycles. The second kappa shape index (κ2) is 12.2. The van der Waals surface area contributed by atoms with E-state index in [0.29, 0.717) is 11.1 Å². The fourth-order valence-electron chi connectivity index (χ4n) is 4.00. The Morgan fingerprint density at radius 1 is 0.472 bits per heavy atom. The average Bonchev–Trinajstić information content (AvgIpc) is 2.95. The van der Waals surface area contributed by atoms with Crippen molar-refractivity contribution in [3.8, 4) is 0 Å². The molecule has 3 unspecified atom stereocenters. The number of ether oxygens (including phenoxy) is 2. The predicted octanol–water partition coefficient (Wildman–Crippen LogP) is 7.05. The highest BCUT2D eigenvalue weighted by molar-refractivity contribution is 6.00. The van der Waals surface area contributed by atoms with Gasteiger partial charge in [0.25, 0.3) is 0 Å². The van der Waals surface area contributed by atoms with E-state index in [1.807, 2.05) is 111 Å². The highest BCUT2D eigenvalue weighted by Crippen LogP contribution is 2.29. The van der Waals surface area contributed by atoms with E-state index in [1.54, 1.807) is 24.3 Å². The Hall–Kier alpha value is -3.86. The second-order valence-corrected chi connectivity index (χ2v) is 8.72. The molecule has 4 nitrogen and oxygen atoms in total. The monoisotopic (exact) mass is 478 g/mol. The molecule has 4 atom stereocenters. The molecule has 4 rings (SSSR count). The fraction of sp³-hybridized carbons (Fsp3) is 0.188. The van der Waals surface area contributed by atoms with Crippen LogP contribution >= 0.6 is 0 Å². The van der Waals surface area contributed by atoms with Crippen LogP contribution in [0.1, 0.15) is 57.9 Å². The van der Waals surface area contributed by atoms with E-state index < -0.39 is 24.4 Å². The zero-order chi connectivity index (χ0) is 25.3. The summed E-state index contributed by atoms with van der Waals surface area (Å²) in [6, 6.07) is 37.2. The Morgan fingerprint density at radius 3 is 1.06 bits per heavy atom. The summed E-state index contributed by atoms with van der Waals surface area (Å²) in [5.41, 5.74) is 2.69. The van der Waals surface area contributed by atoms with Gasteiger partial charge in [-0.15, -0.1) is 0 Å². The van der Waals surface area contributed by atoms with E-state index in [9.17, 15) is 9.59 Å². The minimum absolute atomic E-state index is 0.124. The Morgan fingerprint density at radius 2 is 0.750 bits per heavy atom. The van der Waals surface area contributed by atoms with Crippen molar-refractivity contribution in [2.24, 2.45) is 0 Å². The molecule has 0 saturated heterocycles. The first-order valence-corrected chi connectivity index (χ1v) is 12.1. The van der Waals surface area contributed by atoms with Crippen LogP contribution in [0.15, 0.2) is 121 Å². The lowest BCUT2D eigenvalue weighted by Crippen LogP contribution is -2.33. The highest BCUT2D eigenvalue weighted by atomic mass is 16.6. The molecule has 0 aliphatic heterocycles. The topological polar surface area (TPSA) is 52.6 Å². The third-order valence-electron chi connectivity index (χ3n) is 6.16. The smallest absolute Gasteiger partial charge is 0.196 e. The molecule has 0 radical (unpaired) electrons. The van der Waals surface area contributed by atoms with E-state index >= 15 is 0 Å². The number of benzene rings is 4. The van der Waals surface area contributed by atoms with Gasteiger partial charge in [-0.3, -0.25) is 9.59 Å². The number of carbonyl (C=O) groups excluding carboxylic acids is 2. The maximum absolute atomic E-state index is 13.4. The molecule has 0 aliphatic rings. The molecule has 0 saturated carbocycles. The number of rotatable bonds is 11. The molecular weight excluding hydrogens is 448 g/mol. The summed E-state index contributed by atoms with van der Waals surface area (Å²) in [5, 5.41) is 0. The Balaban J connectivity index is 1.56. The van der Waals surface area contributed by atoms with Gasteiger partial charge in [0.1, 0.15) is 12.2 Å². The van der Waals surface area contributed by atoms with Crippen molar-refractivity contribution in [3.05, 3.63) is 144 Å². The largest absolute Gasteiger partial charge is 0.360 e. The minimum Gasteiger partial charge on any atom is -0.360 e. The van der Waals surface area contributed by atoms with Crippen molar-refractivity contribution in [1.82, 2.24) is 0 Å². The molecule has 0 N–H and O–H groups in total. The van der Waals surface area contributed by atoms with Crippen LogP contribution in [0.4, 0.5) is 0 Å². The summed E-state index contributed by atoms with van der Waals surface area (Å²) in [5.74, 6) is -0.248. The molecule has 182 valence electrons. The van der Waals surface area contributed by atoms with Crippen molar-refractivity contribution in [3.63, 3.8) is 0 Å². The van der Waals surface area contributed by atoms with E-state index in [2.05, 4.69) is 0 Å². The third kappa shape index (κ3) is 6.22. The minimum atomic E-state index is -0.797. The summed E-state index contributed by atoms with van der Waals surface area (Å²) in [6.45, 7) is 3.74. The number of hydrogen-bond donors (Lipinski definition) is 0. The molecule has 4 heteroatoms. The van der Waals surface area contributed by atoms with Crippen molar-refractivity contribution in [1.29, 1.82) is 0 Å². The van der Waals surface area contributed by atoms with Gasteiger partial charge in [0.05, 0.1) is 12.2 Å². The van der Waals surface area contributed by atoms with Gasteiger partial charge in [-0.2, -0.15) is 0 Å². The Bertz CT molecular complexity index is 1140. The Labute approximate surface area is 212 Å². The molecule has 4 aromatic carbocycles.